The molecule has 0 atom stereocenters. The van der Waals surface area contributed by atoms with Gasteiger partial charge in [0, 0.05) is 18.0 Å². The Balaban J connectivity index is 1.49. The highest BCUT2D eigenvalue weighted by atomic mass is 16.5. The summed E-state index contributed by atoms with van der Waals surface area (Å²) in [6.07, 6.45) is 12.4. The number of hydrogen-bond donors (Lipinski definition) is 0. The Morgan fingerprint density at radius 1 is 0.655 bits per heavy atom. The summed E-state index contributed by atoms with van der Waals surface area (Å²) in [7, 11) is 0. The molecule has 0 saturated carbocycles. The van der Waals surface area contributed by atoms with Crippen LogP contribution in [0, 0.1) is 0 Å². The van der Waals surface area contributed by atoms with Crippen LogP contribution in [0.1, 0.15) is 62.6 Å². The number of aryl methyl sites for hydroxylation is 2. The molecule has 0 radical (unpaired) electrons. The van der Waals surface area contributed by atoms with Gasteiger partial charge >= 0.3 is 0 Å². The first-order valence-corrected chi connectivity index (χ1v) is 10.9. The van der Waals surface area contributed by atoms with Gasteiger partial charge in [0.2, 0.25) is 0 Å². The van der Waals surface area contributed by atoms with Crippen LogP contribution in [-0.4, -0.2) is 9.97 Å². The molecule has 0 aliphatic carbocycles. The Morgan fingerprint density at radius 2 is 1.34 bits per heavy atom. The Kier molecular flexibility index (Phi) is 8.24. The van der Waals surface area contributed by atoms with E-state index in [2.05, 4.69) is 48.1 Å². The van der Waals surface area contributed by atoms with Crippen molar-refractivity contribution in [2.75, 3.05) is 0 Å². The molecular formula is C26H32N2O. The van der Waals surface area contributed by atoms with Crippen LogP contribution in [0.4, 0.5) is 0 Å². The number of unbranched alkanes of at least 4 members (excludes halogenated alkanes) is 3. The fourth-order valence-electron chi connectivity index (χ4n) is 3.35. The molecule has 0 aliphatic rings. The third-order valence-corrected chi connectivity index (χ3v) is 5.10. The topological polar surface area (TPSA) is 35.0 Å². The van der Waals surface area contributed by atoms with Crippen molar-refractivity contribution in [1.82, 2.24) is 9.97 Å². The number of rotatable bonds is 11. The molecule has 1 heterocycles. The molecule has 0 amide bonds. The van der Waals surface area contributed by atoms with E-state index in [0.29, 0.717) is 6.61 Å². The number of benzene rings is 2. The van der Waals surface area contributed by atoms with Crippen LogP contribution >= 0.6 is 0 Å². The molecule has 1 aromatic heterocycles. The van der Waals surface area contributed by atoms with Crippen LogP contribution in [0.25, 0.3) is 11.4 Å². The minimum Gasteiger partial charge on any atom is -0.489 e. The van der Waals surface area contributed by atoms with Crippen molar-refractivity contribution < 1.29 is 4.74 Å². The SMILES string of the molecule is CCCCCCc1ccc(COc2ccc(-c3ncc(CCC)cn3)cc2)cc1. The van der Waals surface area contributed by atoms with Crippen molar-refractivity contribution in [1.29, 1.82) is 0 Å². The van der Waals surface area contributed by atoms with E-state index in [1.807, 2.05) is 36.7 Å². The minimum absolute atomic E-state index is 0.581. The van der Waals surface area contributed by atoms with Gasteiger partial charge in [-0.3, -0.25) is 0 Å². The first-order chi connectivity index (χ1) is 14.3. The van der Waals surface area contributed by atoms with Gasteiger partial charge in [-0.2, -0.15) is 0 Å². The number of hydrogen-bond acceptors (Lipinski definition) is 3. The average molecular weight is 389 g/mol. The summed E-state index contributed by atoms with van der Waals surface area (Å²) >= 11 is 0. The van der Waals surface area contributed by atoms with Gasteiger partial charge in [-0.05, 0) is 60.2 Å². The third-order valence-electron chi connectivity index (χ3n) is 5.10. The quantitative estimate of drug-likeness (QED) is 0.339. The van der Waals surface area contributed by atoms with Crippen LogP contribution in [0.2, 0.25) is 0 Å². The predicted octanol–water partition coefficient (Wildman–Crippen LogP) is 6.80. The molecule has 3 aromatic rings. The molecule has 0 N–H and O–H groups in total. The molecule has 2 aromatic carbocycles. The maximum Gasteiger partial charge on any atom is 0.159 e. The van der Waals surface area contributed by atoms with E-state index in [-0.39, 0.29) is 0 Å². The molecular weight excluding hydrogens is 356 g/mol. The molecule has 3 rings (SSSR count). The number of aromatic nitrogens is 2. The molecule has 3 nitrogen and oxygen atoms in total. The van der Waals surface area contributed by atoms with Gasteiger partial charge in [-0.1, -0.05) is 63.8 Å². The zero-order valence-electron chi connectivity index (χ0n) is 17.7. The molecule has 152 valence electrons. The standard InChI is InChI=1S/C26H32N2O/c1-3-5-6-7-9-21-10-12-22(13-11-21)20-29-25-16-14-24(15-17-25)26-27-18-23(8-4-2)19-28-26/h10-19H,3-9,20H2,1-2H3. The van der Waals surface area contributed by atoms with Crippen LogP contribution in [0.15, 0.2) is 60.9 Å². The van der Waals surface area contributed by atoms with Crippen molar-refractivity contribution >= 4 is 0 Å². The molecule has 0 spiro atoms. The fourth-order valence-corrected chi connectivity index (χ4v) is 3.35. The smallest absolute Gasteiger partial charge is 0.159 e. The lowest BCUT2D eigenvalue weighted by Crippen LogP contribution is -1.96. The van der Waals surface area contributed by atoms with E-state index >= 15 is 0 Å². The zero-order chi connectivity index (χ0) is 20.3. The molecule has 29 heavy (non-hydrogen) atoms. The van der Waals surface area contributed by atoms with E-state index in [1.54, 1.807) is 0 Å². The summed E-state index contributed by atoms with van der Waals surface area (Å²) in [6.45, 7) is 4.99. The lowest BCUT2D eigenvalue weighted by atomic mass is 10.0. The third kappa shape index (κ3) is 6.70. The van der Waals surface area contributed by atoms with Gasteiger partial charge in [0.1, 0.15) is 12.4 Å². The average Bonchev–Trinajstić information content (AvgIpc) is 2.77. The second-order valence-corrected chi connectivity index (χ2v) is 7.61. The van der Waals surface area contributed by atoms with Gasteiger partial charge in [0.25, 0.3) is 0 Å². The van der Waals surface area contributed by atoms with E-state index < -0.39 is 0 Å². The van der Waals surface area contributed by atoms with Crippen molar-refractivity contribution in [3.63, 3.8) is 0 Å². The highest BCUT2D eigenvalue weighted by Gasteiger charge is 2.03. The van der Waals surface area contributed by atoms with Gasteiger partial charge < -0.3 is 4.74 Å². The number of nitrogens with zero attached hydrogens (tertiary/aromatic N) is 2. The van der Waals surface area contributed by atoms with Gasteiger partial charge in [-0.15, -0.1) is 0 Å². The summed E-state index contributed by atoms with van der Waals surface area (Å²) in [5, 5.41) is 0. The first-order valence-electron chi connectivity index (χ1n) is 10.9. The first kappa shape index (κ1) is 21.0. The maximum atomic E-state index is 5.95. The van der Waals surface area contributed by atoms with Crippen LogP contribution in [0.5, 0.6) is 5.75 Å². The Hall–Kier alpha value is -2.68. The van der Waals surface area contributed by atoms with E-state index in [1.165, 1.54) is 48.8 Å². The van der Waals surface area contributed by atoms with Crippen molar-refractivity contribution in [3.05, 3.63) is 77.6 Å². The lowest BCUT2D eigenvalue weighted by Gasteiger charge is -2.08. The highest BCUT2D eigenvalue weighted by Crippen LogP contribution is 2.20. The van der Waals surface area contributed by atoms with Crippen LogP contribution < -0.4 is 4.74 Å². The maximum absolute atomic E-state index is 5.95. The summed E-state index contributed by atoms with van der Waals surface area (Å²) in [4.78, 5) is 8.96. The predicted molar refractivity (Wildman–Crippen MR) is 120 cm³/mol. The molecule has 0 unspecified atom stereocenters. The fraction of sp³-hybridized carbons (Fsp3) is 0.385. The summed E-state index contributed by atoms with van der Waals surface area (Å²) in [5.74, 6) is 1.62. The van der Waals surface area contributed by atoms with E-state index in [4.69, 9.17) is 4.74 Å². The Bertz CT molecular complexity index is 839. The summed E-state index contributed by atoms with van der Waals surface area (Å²) in [5.41, 5.74) is 4.80. The van der Waals surface area contributed by atoms with Crippen molar-refractivity contribution in [2.45, 2.75) is 65.4 Å². The molecule has 3 heteroatoms. The second-order valence-electron chi connectivity index (χ2n) is 7.61. The molecule has 0 aliphatic heterocycles. The van der Waals surface area contributed by atoms with E-state index in [9.17, 15) is 0 Å². The van der Waals surface area contributed by atoms with Gasteiger partial charge in [0.15, 0.2) is 5.82 Å². The normalized spacial score (nSPS) is 10.8. The Labute approximate surface area is 175 Å². The van der Waals surface area contributed by atoms with Gasteiger partial charge in [-0.25, -0.2) is 9.97 Å². The number of ether oxygens (including phenoxy) is 1. The minimum atomic E-state index is 0.581. The molecule has 0 bridgehead atoms. The van der Waals surface area contributed by atoms with E-state index in [0.717, 1.165) is 30.0 Å². The van der Waals surface area contributed by atoms with Crippen molar-refractivity contribution in [3.8, 4) is 17.1 Å². The Morgan fingerprint density at radius 3 is 2.00 bits per heavy atom. The summed E-state index contributed by atoms with van der Waals surface area (Å²) in [6, 6.07) is 16.8. The largest absolute Gasteiger partial charge is 0.489 e. The highest BCUT2D eigenvalue weighted by molar-refractivity contribution is 5.55. The lowest BCUT2D eigenvalue weighted by molar-refractivity contribution is 0.306. The molecule has 0 fully saturated rings. The van der Waals surface area contributed by atoms with Crippen LogP contribution in [-0.2, 0) is 19.4 Å². The monoisotopic (exact) mass is 388 g/mol. The van der Waals surface area contributed by atoms with Crippen molar-refractivity contribution in [2.24, 2.45) is 0 Å². The van der Waals surface area contributed by atoms with Crippen LogP contribution in [0.3, 0.4) is 0 Å². The van der Waals surface area contributed by atoms with Gasteiger partial charge in [0.05, 0.1) is 0 Å². The summed E-state index contributed by atoms with van der Waals surface area (Å²) < 4.78 is 5.95. The molecule has 0 saturated heterocycles. The zero-order valence-corrected chi connectivity index (χ0v) is 17.7. The second kappa shape index (κ2) is 11.4.